The fourth-order valence-corrected chi connectivity index (χ4v) is 1.86. The van der Waals surface area contributed by atoms with E-state index in [9.17, 15) is 4.79 Å². The van der Waals surface area contributed by atoms with Crippen LogP contribution in [0.25, 0.3) is 11.0 Å². The minimum Gasteiger partial charge on any atom is -0.367 e. The molecule has 1 aromatic heterocycles. The topological polar surface area (TPSA) is 72.8 Å². The van der Waals surface area contributed by atoms with Crippen molar-refractivity contribution in [3.05, 3.63) is 24.0 Å². The first-order valence-electron chi connectivity index (χ1n) is 5.66. The van der Waals surface area contributed by atoms with E-state index in [0.717, 1.165) is 22.5 Å². The van der Waals surface area contributed by atoms with Crippen LogP contribution in [0.4, 0.5) is 5.69 Å². The van der Waals surface area contributed by atoms with Crippen molar-refractivity contribution in [2.24, 2.45) is 0 Å². The smallest absolute Gasteiger partial charge is 0.166 e. The molecule has 0 saturated carbocycles. The summed E-state index contributed by atoms with van der Waals surface area (Å²) in [6, 6.07) is 7.65. The number of Topliss-reactive ketones (excluding diaryl/α,β-unsaturated/α-hetero) is 1. The summed E-state index contributed by atoms with van der Waals surface area (Å²) in [7, 11) is 1.83. The number of aryl methyl sites for hydroxylation is 1. The third-order valence-corrected chi connectivity index (χ3v) is 2.71. The quantitative estimate of drug-likeness (QED) is 0.887. The lowest BCUT2D eigenvalue weighted by atomic mass is 10.2. The van der Waals surface area contributed by atoms with Gasteiger partial charge in [-0.15, -0.1) is 0 Å². The largest absolute Gasteiger partial charge is 0.367 e. The third-order valence-electron chi connectivity index (χ3n) is 2.71. The monoisotopic (exact) mass is 242 g/mol. The first-order valence-corrected chi connectivity index (χ1v) is 5.66. The maximum atomic E-state index is 11.4. The predicted molar refractivity (Wildman–Crippen MR) is 69.3 cm³/mol. The van der Waals surface area contributed by atoms with Gasteiger partial charge < -0.3 is 9.88 Å². The molecule has 0 aliphatic rings. The maximum absolute atomic E-state index is 11.4. The molecule has 92 valence electrons. The Bertz CT molecular complexity index is 623. The number of hydrogen-bond donors (Lipinski definition) is 1. The summed E-state index contributed by atoms with van der Waals surface area (Å²) < 4.78 is 0. The Morgan fingerprint density at radius 3 is 3.06 bits per heavy atom. The SMILES string of the molecule is Cc1nc2ccc(N(C)CC(=O)CC#N)cc2[nH]1. The Morgan fingerprint density at radius 1 is 1.56 bits per heavy atom. The molecule has 2 aromatic rings. The molecule has 0 unspecified atom stereocenters. The van der Waals surface area contributed by atoms with Gasteiger partial charge in [-0.1, -0.05) is 0 Å². The Kier molecular flexibility index (Phi) is 3.28. The van der Waals surface area contributed by atoms with Crippen LogP contribution in [0.15, 0.2) is 18.2 Å². The van der Waals surface area contributed by atoms with E-state index in [1.54, 1.807) is 0 Å². The van der Waals surface area contributed by atoms with Crippen LogP contribution in [-0.2, 0) is 4.79 Å². The van der Waals surface area contributed by atoms with Crippen molar-refractivity contribution in [1.82, 2.24) is 9.97 Å². The van der Waals surface area contributed by atoms with Gasteiger partial charge in [0.2, 0.25) is 0 Å². The van der Waals surface area contributed by atoms with E-state index in [0.29, 0.717) is 0 Å². The number of nitrogens with one attached hydrogen (secondary N) is 1. The van der Waals surface area contributed by atoms with Gasteiger partial charge in [0.1, 0.15) is 5.82 Å². The van der Waals surface area contributed by atoms with Crippen LogP contribution >= 0.6 is 0 Å². The number of carbonyl (C=O) groups excluding carboxylic acids is 1. The first kappa shape index (κ1) is 12.1. The maximum Gasteiger partial charge on any atom is 0.166 e. The highest BCUT2D eigenvalue weighted by molar-refractivity contribution is 5.86. The van der Waals surface area contributed by atoms with E-state index in [4.69, 9.17) is 5.26 Å². The van der Waals surface area contributed by atoms with Gasteiger partial charge in [0.15, 0.2) is 5.78 Å². The molecule has 0 bridgehead atoms. The molecule has 0 saturated heterocycles. The second-order valence-corrected chi connectivity index (χ2v) is 4.25. The number of aromatic amines is 1. The highest BCUT2D eigenvalue weighted by Crippen LogP contribution is 2.19. The Balaban J connectivity index is 2.20. The van der Waals surface area contributed by atoms with Gasteiger partial charge in [-0.25, -0.2) is 4.98 Å². The highest BCUT2D eigenvalue weighted by Gasteiger charge is 2.08. The van der Waals surface area contributed by atoms with E-state index >= 15 is 0 Å². The number of imidazole rings is 1. The molecule has 0 aliphatic heterocycles. The zero-order valence-electron chi connectivity index (χ0n) is 10.4. The number of benzene rings is 1. The average molecular weight is 242 g/mol. The summed E-state index contributed by atoms with van der Waals surface area (Å²) in [4.78, 5) is 20.7. The second kappa shape index (κ2) is 4.88. The van der Waals surface area contributed by atoms with Crippen molar-refractivity contribution in [3.63, 3.8) is 0 Å². The highest BCUT2D eigenvalue weighted by atomic mass is 16.1. The van der Waals surface area contributed by atoms with Crippen LogP contribution in [0.3, 0.4) is 0 Å². The molecule has 0 radical (unpaired) electrons. The summed E-state index contributed by atoms with van der Waals surface area (Å²) in [6.45, 7) is 2.14. The number of nitrogens with zero attached hydrogens (tertiary/aromatic N) is 3. The molecule has 1 aromatic carbocycles. The van der Waals surface area contributed by atoms with E-state index in [-0.39, 0.29) is 18.7 Å². The lowest BCUT2D eigenvalue weighted by molar-refractivity contribution is -0.116. The average Bonchev–Trinajstić information content (AvgIpc) is 2.68. The molecule has 2 rings (SSSR count). The van der Waals surface area contributed by atoms with Crippen molar-refractivity contribution in [3.8, 4) is 6.07 Å². The number of H-pyrrole nitrogens is 1. The number of carbonyl (C=O) groups is 1. The molecular formula is C13H14N4O. The van der Waals surface area contributed by atoms with Crippen LogP contribution < -0.4 is 4.90 Å². The summed E-state index contributed by atoms with van der Waals surface area (Å²) in [5.41, 5.74) is 2.79. The predicted octanol–water partition coefficient (Wildman–Crippen LogP) is 1.79. The van der Waals surface area contributed by atoms with E-state index in [2.05, 4.69) is 9.97 Å². The minimum atomic E-state index is -0.0825. The molecule has 18 heavy (non-hydrogen) atoms. The molecule has 0 atom stereocenters. The number of ketones is 1. The number of rotatable bonds is 4. The van der Waals surface area contributed by atoms with Crippen molar-refractivity contribution in [1.29, 1.82) is 5.26 Å². The van der Waals surface area contributed by atoms with Gasteiger partial charge in [-0.2, -0.15) is 5.26 Å². The molecule has 0 aliphatic carbocycles. The van der Waals surface area contributed by atoms with Gasteiger partial charge in [0.25, 0.3) is 0 Å². The molecule has 1 N–H and O–H groups in total. The van der Waals surface area contributed by atoms with Crippen molar-refractivity contribution >= 4 is 22.5 Å². The zero-order valence-corrected chi connectivity index (χ0v) is 10.4. The fraction of sp³-hybridized carbons (Fsp3) is 0.308. The molecule has 0 fully saturated rings. The van der Waals surface area contributed by atoms with Crippen LogP contribution in [-0.4, -0.2) is 29.3 Å². The van der Waals surface area contributed by atoms with Gasteiger partial charge in [0.05, 0.1) is 30.1 Å². The van der Waals surface area contributed by atoms with E-state index < -0.39 is 0 Å². The Morgan fingerprint density at radius 2 is 2.33 bits per heavy atom. The molecular weight excluding hydrogens is 228 g/mol. The summed E-state index contributed by atoms with van der Waals surface area (Å²) in [5, 5.41) is 8.46. The summed E-state index contributed by atoms with van der Waals surface area (Å²) >= 11 is 0. The standard InChI is InChI=1S/C13H14N4O/c1-9-15-12-4-3-10(7-13(12)16-9)17(2)8-11(18)5-6-14/h3-4,7H,5,8H2,1-2H3,(H,15,16). The summed E-state index contributed by atoms with van der Waals surface area (Å²) in [5.74, 6) is 0.784. The van der Waals surface area contributed by atoms with Crippen LogP contribution in [0.5, 0.6) is 0 Å². The molecule has 5 nitrogen and oxygen atoms in total. The van der Waals surface area contributed by atoms with Gasteiger partial charge in [0, 0.05) is 12.7 Å². The molecule has 1 heterocycles. The van der Waals surface area contributed by atoms with Gasteiger partial charge in [-0.3, -0.25) is 4.79 Å². The number of nitriles is 1. The van der Waals surface area contributed by atoms with Gasteiger partial charge >= 0.3 is 0 Å². The lowest BCUT2D eigenvalue weighted by Crippen LogP contribution is -2.25. The van der Waals surface area contributed by atoms with Crippen molar-refractivity contribution < 1.29 is 4.79 Å². The Labute approximate surface area is 105 Å². The number of fused-ring (bicyclic) bond motifs is 1. The van der Waals surface area contributed by atoms with Crippen molar-refractivity contribution in [2.75, 3.05) is 18.5 Å². The van der Waals surface area contributed by atoms with Crippen LogP contribution in [0.1, 0.15) is 12.2 Å². The third kappa shape index (κ3) is 2.48. The number of hydrogen-bond acceptors (Lipinski definition) is 4. The number of aromatic nitrogens is 2. The zero-order chi connectivity index (χ0) is 13.1. The Hall–Kier alpha value is -2.35. The normalized spacial score (nSPS) is 10.3. The van der Waals surface area contributed by atoms with Crippen LogP contribution in [0.2, 0.25) is 0 Å². The molecule has 5 heteroatoms. The fourth-order valence-electron chi connectivity index (χ4n) is 1.86. The van der Waals surface area contributed by atoms with E-state index in [1.165, 1.54) is 0 Å². The molecule has 0 spiro atoms. The van der Waals surface area contributed by atoms with Gasteiger partial charge in [-0.05, 0) is 25.1 Å². The number of likely N-dealkylation sites (N-methyl/N-ethyl adjacent to an activating group) is 1. The minimum absolute atomic E-state index is 0.0459. The summed E-state index contributed by atoms with van der Waals surface area (Å²) in [6.07, 6.45) is -0.0459. The lowest BCUT2D eigenvalue weighted by Gasteiger charge is -2.17. The molecule has 0 amide bonds. The van der Waals surface area contributed by atoms with E-state index in [1.807, 2.05) is 43.1 Å². The van der Waals surface area contributed by atoms with Crippen molar-refractivity contribution in [2.45, 2.75) is 13.3 Å². The van der Waals surface area contributed by atoms with Crippen LogP contribution in [0, 0.1) is 18.3 Å². The first-order chi connectivity index (χ1) is 8.60. The second-order valence-electron chi connectivity index (χ2n) is 4.25. The number of anilines is 1.